The average Bonchev–Trinajstić information content (AvgIpc) is 3.01. The van der Waals surface area contributed by atoms with Gasteiger partial charge in [0.2, 0.25) is 0 Å². The van der Waals surface area contributed by atoms with E-state index in [0.717, 1.165) is 13.0 Å². The molecule has 2 rings (SSSR count). The van der Waals surface area contributed by atoms with E-state index in [9.17, 15) is 44.3 Å². The average molecular weight is 515 g/mol. The number of halogens is 11. The Morgan fingerprint density at radius 3 is 2.16 bits per heavy atom. The van der Waals surface area contributed by atoms with E-state index < -0.39 is 75.5 Å². The molecule has 1 heterocycles. The van der Waals surface area contributed by atoms with Crippen LogP contribution in [0.25, 0.3) is 0 Å². The van der Waals surface area contributed by atoms with Crippen molar-refractivity contribution < 1.29 is 44.3 Å². The molecule has 1 N–H and O–H groups in total. The van der Waals surface area contributed by atoms with Crippen LogP contribution >= 0.6 is 23.2 Å². The maximum absolute atomic E-state index is 13.4. The lowest BCUT2D eigenvalue weighted by molar-refractivity contribution is -0.138. The highest BCUT2D eigenvalue weighted by atomic mass is 35.5. The van der Waals surface area contributed by atoms with Crippen LogP contribution < -0.4 is 10.3 Å². The second kappa shape index (κ2) is 8.18. The van der Waals surface area contributed by atoms with Crippen LogP contribution in [-0.4, -0.2) is 36.1 Å². The molecule has 0 aromatic heterocycles. The largest absolute Gasteiger partial charge is 0.431 e. The van der Waals surface area contributed by atoms with E-state index in [-0.39, 0.29) is 4.90 Å². The molecule has 1 aliphatic rings. The number of carbonyl (C=O) groups excluding carboxylic acids is 1. The van der Waals surface area contributed by atoms with Crippen molar-refractivity contribution in [1.82, 2.24) is 5.43 Å². The summed E-state index contributed by atoms with van der Waals surface area (Å²) in [6.45, 7) is -1.47. The molecule has 0 aliphatic carbocycles. The summed E-state index contributed by atoms with van der Waals surface area (Å²) in [5.74, 6) is -1.74. The van der Waals surface area contributed by atoms with Crippen LogP contribution in [-0.2, 0) is 11.0 Å². The van der Waals surface area contributed by atoms with Gasteiger partial charge in [0.05, 0.1) is 32.9 Å². The number of alkyl halides is 9. The Balaban J connectivity index is 2.68. The topological polar surface area (TPSA) is 68.5 Å². The number of hydrazone groups is 1. The van der Waals surface area contributed by atoms with Gasteiger partial charge in [-0.05, 0) is 13.0 Å². The van der Waals surface area contributed by atoms with Crippen LogP contribution in [0, 0.1) is 11.3 Å². The zero-order valence-electron chi connectivity index (χ0n) is 15.4. The van der Waals surface area contributed by atoms with Crippen molar-refractivity contribution in [2.75, 3.05) is 11.4 Å². The predicted octanol–water partition coefficient (Wildman–Crippen LogP) is 5.45. The Labute approximate surface area is 183 Å². The van der Waals surface area contributed by atoms with Crippen LogP contribution in [0.2, 0.25) is 10.0 Å². The molecule has 176 valence electrons. The summed E-state index contributed by atoms with van der Waals surface area (Å²) in [7, 11) is 0. The van der Waals surface area contributed by atoms with Crippen molar-refractivity contribution in [2.24, 2.45) is 5.10 Å². The van der Waals surface area contributed by atoms with Gasteiger partial charge in [-0.15, -0.1) is 0 Å². The summed E-state index contributed by atoms with van der Waals surface area (Å²) in [6, 6.07) is 1.49. The SMILES string of the molecule is CC1(C(=O)N(CC(F)(F)F)c2c(Cl)cc(C#N)c(C(F)(F)F)c2Cl)CC(C(F)(F)F)=NN1. The fraction of sp³-hybridized carbons (Fsp3) is 0.438. The van der Waals surface area contributed by atoms with Gasteiger partial charge in [0, 0.05) is 6.42 Å². The minimum absolute atomic E-state index is 0.317. The second-order valence-electron chi connectivity index (χ2n) is 6.74. The molecule has 1 unspecified atom stereocenters. The Morgan fingerprint density at radius 2 is 1.75 bits per heavy atom. The first-order valence-electron chi connectivity index (χ1n) is 8.11. The minimum atomic E-state index is -5.34. The lowest BCUT2D eigenvalue weighted by Gasteiger charge is -2.33. The van der Waals surface area contributed by atoms with Gasteiger partial charge in [-0.3, -0.25) is 15.1 Å². The molecule has 32 heavy (non-hydrogen) atoms. The Hall–Kier alpha value is -2.40. The van der Waals surface area contributed by atoms with Gasteiger partial charge < -0.3 is 0 Å². The minimum Gasteiger partial charge on any atom is -0.298 e. The number of benzene rings is 1. The summed E-state index contributed by atoms with van der Waals surface area (Å²) in [6.07, 6.45) is -16.8. The number of nitrogens with one attached hydrogen (secondary N) is 1. The van der Waals surface area contributed by atoms with Gasteiger partial charge in [0.1, 0.15) is 17.8 Å². The summed E-state index contributed by atoms with van der Waals surface area (Å²) >= 11 is 11.4. The third-order valence-corrected chi connectivity index (χ3v) is 4.86. The van der Waals surface area contributed by atoms with Gasteiger partial charge in [-0.2, -0.15) is 49.9 Å². The molecule has 1 aromatic carbocycles. The van der Waals surface area contributed by atoms with E-state index in [0.29, 0.717) is 6.07 Å². The van der Waals surface area contributed by atoms with Gasteiger partial charge in [0.25, 0.3) is 5.91 Å². The fourth-order valence-electron chi connectivity index (χ4n) is 2.84. The third-order valence-electron chi connectivity index (χ3n) is 4.21. The molecular formula is C16H9Cl2F9N4O. The molecule has 1 aliphatic heterocycles. The fourth-order valence-corrected chi connectivity index (χ4v) is 3.61. The van der Waals surface area contributed by atoms with Crippen molar-refractivity contribution in [3.63, 3.8) is 0 Å². The maximum Gasteiger partial charge on any atom is 0.431 e. The smallest absolute Gasteiger partial charge is 0.298 e. The summed E-state index contributed by atoms with van der Waals surface area (Å²) in [5.41, 5.74) is -6.43. The summed E-state index contributed by atoms with van der Waals surface area (Å²) in [4.78, 5) is 12.6. The van der Waals surface area contributed by atoms with Crippen molar-refractivity contribution >= 4 is 40.5 Å². The van der Waals surface area contributed by atoms with Crippen LogP contribution in [0.5, 0.6) is 0 Å². The Bertz CT molecular complexity index is 1010. The van der Waals surface area contributed by atoms with E-state index in [1.165, 1.54) is 0 Å². The molecule has 0 spiro atoms. The highest BCUT2D eigenvalue weighted by Gasteiger charge is 2.51. The number of anilines is 1. The van der Waals surface area contributed by atoms with Gasteiger partial charge in [0.15, 0.2) is 0 Å². The van der Waals surface area contributed by atoms with Crippen molar-refractivity contribution in [3.8, 4) is 6.07 Å². The number of carbonyl (C=O) groups is 1. The van der Waals surface area contributed by atoms with Crippen LogP contribution in [0.1, 0.15) is 24.5 Å². The molecule has 1 atom stereocenters. The Kier molecular flexibility index (Phi) is 6.61. The zero-order valence-corrected chi connectivity index (χ0v) is 16.9. The van der Waals surface area contributed by atoms with Crippen LogP contribution in [0.15, 0.2) is 11.2 Å². The lowest BCUT2D eigenvalue weighted by atomic mass is 9.94. The molecule has 0 radical (unpaired) electrons. The molecule has 0 bridgehead atoms. The van der Waals surface area contributed by atoms with Crippen molar-refractivity contribution in [1.29, 1.82) is 5.26 Å². The molecule has 1 aromatic rings. The van der Waals surface area contributed by atoms with E-state index in [1.54, 1.807) is 5.43 Å². The normalized spacial score (nSPS) is 19.3. The standard InChI is InChI=1S/C16H9Cl2F9N4O/c1-13(3-8(29-30-13)15(22,23)24)12(32)31(5-14(19,20)21)11-7(17)2-6(4-28)9(10(11)18)16(25,26)27/h2,30H,3,5H2,1H3. The molecule has 5 nitrogen and oxygen atoms in total. The van der Waals surface area contributed by atoms with E-state index >= 15 is 0 Å². The molecule has 0 saturated heterocycles. The quantitative estimate of drug-likeness (QED) is 0.545. The van der Waals surface area contributed by atoms with E-state index in [1.807, 2.05) is 0 Å². The second-order valence-corrected chi connectivity index (χ2v) is 7.52. The number of nitrogens with zero attached hydrogens (tertiary/aromatic N) is 3. The summed E-state index contributed by atoms with van der Waals surface area (Å²) in [5, 5.41) is 9.39. The first-order valence-corrected chi connectivity index (χ1v) is 8.86. The summed E-state index contributed by atoms with van der Waals surface area (Å²) < 4.78 is 118. The Morgan fingerprint density at radius 1 is 1.19 bits per heavy atom. The first-order chi connectivity index (χ1) is 14.3. The maximum atomic E-state index is 13.4. The van der Waals surface area contributed by atoms with E-state index in [2.05, 4.69) is 5.10 Å². The number of rotatable bonds is 3. The van der Waals surface area contributed by atoms with Crippen LogP contribution in [0.3, 0.4) is 0 Å². The zero-order chi connectivity index (χ0) is 24.9. The first kappa shape index (κ1) is 25.9. The molecule has 0 saturated carbocycles. The van der Waals surface area contributed by atoms with Crippen LogP contribution in [0.4, 0.5) is 45.2 Å². The predicted molar refractivity (Wildman–Crippen MR) is 94.2 cm³/mol. The van der Waals surface area contributed by atoms with Gasteiger partial charge in [-0.25, -0.2) is 0 Å². The van der Waals surface area contributed by atoms with Crippen molar-refractivity contribution in [3.05, 3.63) is 27.2 Å². The van der Waals surface area contributed by atoms with E-state index in [4.69, 9.17) is 28.5 Å². The highest BCUT2D eigenvalue weighted by Crippen LogP contribution is 2.46. The molecule has 16 heteroatoms. The highest BCUT2D eigenvalue weighted by molar-refractivity contribution is 6.41. The molecular weight excluding hydrogens is 506 g/mol. The number of hydrogen-bond donors (Lipinski definition) is 1. The van der Waals surface area contributed by atoms with Gasteiger partial charge >= 0.3 is 18.5 Å². The lowest BCUT2D eigenvalue weighted by Crippen LogP contribution is -2.55. The van der Waals surface area contributed by atoms with Crippen molar-refractivity contribution in [2.45, 2.75) is 37.4 Å². The third kappa shape index (κ3) is 5.15. The molecule has 0 fully saturated rings. The van der Waals surface area contributed by atoms with Gasteiger partial charge in [-0.1, -0.05) is 23.2 Å². The number of amides is 1. The molecule has 1 amide bonds. The monoisotopic (exact) mass is 514 g/mol. The number of nitriles is 1. The number of hydrogen-bond acceptors (Lipinski definition) is 4.